The fourth-order valence-electron chi connectivity index (χ4n) is 4.54. The van der Waals surface area contributed by atoms with Crippen LogP contribution >= 0.6 is 11.6 Å². The number of rotatable bonds is 3. The van der Waals surface area contributed by atoms with Crippen LogP contribution in [0.5, 0.6) is 0 Å². The molecule has 2 aromatic rings. The van der Waals surface area contributed by atoms with Crippen molar-refractivity contribution in [1.82, 2.24) is 20.2 Å². The lowest BCUT2D eigenvalue weighted by Gasteiger charge is -2.48. The zero-order chi connectivity index (χ0) is 19.1. The summed E-state index contributed by atoms with van der Waals surface area (Å²) in [6.45, 7) is 0.609. The third kappa shape index (κ3) is 3.17. The highest BCUT2D eigenvalue weighted by atomic mass is 35.5. The van der Waals surface area contributed by atoms with Crippen molar-refractivity contribution in [3.05, 3.63) is 53.4 Å². The maximum Gasteiger partial charge on any atom is 0.323 e. The third-order valence-electron chi connectivity index (χ3n) is 6.17. The van der Waals surface area contributed by atoms with Crippen molar-refractivity contribution in [2.75, 3.05) is 25.5 Å². The first-order chi connectivity index (χ1) is 12.9. The van der Waals surface area contributed by atoms with E-state index < -0.39 is 0 Å². The molecule has 2 amide bonds. The minimum atomic E-state index is -0.219. The van der Waals surface area contributed by atoms with Crippen LogP contribution in [0.4, 0.5) is 10.6 Å². The van der Waals surface area contributed by atoms with Crippen molar-refractivity contribution in [2.24, 2.45) is 0 Å². The van der Waals surface area contributed by atoms with Gasteiger partial charge in [-0.2, -0.15) is 0 Å². The number of aromatic nitrogens is 2. The lowest BCUT2D eigenvalue weighted by molar-refractivity contribution is 0.0657. The molecule has 27 heavy (non-hydrogen) atoms. The van der Waals surface area contributed by atoms with Gasteiger partial charge in [0.05, 0.1) is 12.1 Å². The first kappa shape index (κ1) is 18.2. The molecule has 1 saturated heterocycles. The van der Waals surface area contributed by atoms with Crippen molar-refractivity contribution in [3.8, 4) is 0 Å². The normalized spacial score (nSPS) is 28.0. The zero-order valence-electron chi connectivity index (χ0n) is 15.7. The second kappa shape index (κ2) is 6.77. The second-order valence-corrected chi connectivity index (χ2v) is 8.11. The molecule has 6 nitrogen and oxygen atoms in total. The van der Waals surface area contributed by atoms with Crippen LogP contribution in [0.1, 0.15) is 31.2 Å². The standard InChI is InChI=1S/C20H24ClN5O/c1-25(2)20(15-6-4-3-5-7-15)11-9-19(10-12-20)14-26(18(27)24-19)16-8-13-22-17(21)23-16/h3-8,13H,9-12,14H2,1-2H3,(H,24,27). The average molecular weight is 386 g/mol. The highest BCUT2D eigenvalue weighted by molar-refractivity contribution is 6.28. The Morgan fingerprint density at radius 2 is 1.81 bits per heavy atom. The van der Waals surface area contributed by atoms with Gasteiger partial charge in [0.15, 0.2) is 0 Å². The van der Waals surface area contributed by atoms with Gasteiger partial charge in [0, 0.05) is 11.7 Å². The van der Waals surface area contributed by atoms with Crippen LogP contribution in [-0.2, 0) is 5.54 Å². The topological polar surface area (TPSA) is 61.4 Å². The Morgan fingerprint density at radius 1 is 1.11 bits per heavy atom. The number of nitrogens with one attached hydrogen (secondary N) is 1. The summed E-state index contributed by atoms with van der Waals surface area (Å²) in [5, 5.41) is 3.38. The predicted octanol–water partition coefficient (Wildman–Crippen LogP) is 3.43. The lowest BCUT2D eigenvalue weighted by Crippen LogP contribution is -2.54. The molecule has 1 aliphatic heterocycles. The smallest absolute Gasteiger partial charge is 0.323 e. The van der Waals surface area contributed by atoms with Crippen molar-refractivity contribution < 1.29 is 4.79 Å². The van der Waals surface area contributed by atoms with Gasteiger partial charge in [-0.05, 0) is 63.0 Å². The van der Waals surface area contributed by atoms with Crippen LogP contribution in [0, 0.1) is 0 Å². The van der Waals surface area contributed by atoms with E-state index in [4.69, 9.17) is 11.6 Å². The lowest BCUT2D eigenvalue weighted by atomic mass is 9.69. The molecule has 142 valence electrons. The minimum Gasteiger partial charge on any atom is -0.330 e. The molecular weight excluding hydrogens is 362 g/mol. The number of carbonyl (C=O) groups excluding carboxylic acids is 1. The van der Waals surface area contributed by atoms with E-state index in [-0.39, 0.29) is 22.4 Å². The molecule has 1 aromatic heterocycles. The van der Waals surface area contributed by atoms with Crippen LogP contribution in [0.3, 0.4) is 0 Å². The third-order valence-corrected chi connectivity index (χ3v) is 6.35. The summed E-state index contributed by atoms with van der Waals surface area (Å²) in [6.07, 6.45) is 5.39. The molecule has 1 aromatic carbocycles. The SMILES string of the molecule is CN(C)C1(c2ccccc2)CCC2(CC1)CN(c1ccnc(Cl)n1)C(=O)N2. The maximum absolute atomic E-state index is 12.6. The molecule has 2 heterocycles. The molecule has 1 N–H and O–H groups in total. The Hall–Kier alpha value is -2.18. The quantitative estimate of drug-likeness (QED) is 0.822. The number of benzene rings is 1. The van der Waals surface area contributed by atoms with Crippen LogP contribution in [0.25, 0.3) is 0 Å². The van der Waals surface area contributed by atoms with E-state index in [0.29, 0.717) is 12.4 Å². The van der Waals surface area contributed by atoms with Gasteiger partial charge in [0.1, 0.15) is 5.82 Å². The summed E-state index contributed by atoms with van der Waals surface area (Å²) in [7, 11) is 4.29. The Kier molecular flexibility index (Phi) is 4.56. The van der Waals surface area contributed by atoms with E-state index in [1.54, 1.807) is 17.2 Å². The highest BCUT2D eigenvalue weighted by Gasteiger charge is 2.50. The molecule has 0 bridgehead atoms. The Morgan fingerprint density at radius 3 is 2.44 bits per heavy atom. The number of urea groups is 1. The average Bonchev–Trinajstić information content (AvgIpc) is 2.99. The Balaban J connectivity index is 1.55. The van der Waals surface area contributed by atoms with Crippen LogP contribution in [-0.4, -0.2) is 47.1 Å². The van der Waals surface area contributed by atoms with Gasteiger partial charge in [-0.1, -0.05) is 30.3 Å². The highest BCUT2D eigenvalue weighted by Crippen LogP contribution is 2.46. The fourth-order valence-corrected chi connectivity index (χ4v) is 4.68. The van der Waals surface area contributed by atoms with E-state index in [0.717, 1.165) is 25.7 Å². The number of carbonyl (C=O) groups is 1. The van der Waals surface area contributed by atoms with Gasteiger partial charge in [-0.15, -0.1) is 0 Å². The van der Waals surface area contributed by atoms with Crippen molar-refractivity contribution >= 4 is 23.4 Å². The molecule has 7 heteroatoms. The number of halogens is 1. The first-order valence-corrected chi connectivity index (χ1v) is 9.63. The minimum absolute atomic E-state index is 0.00286. The monoisotopic (exact) mass is 385 g/mol. The largest absolute Gasteiger partial charge is 0.330 e. The molecule has 0 radical (unpaired) electrons. The van der Waals surface area contributed by atoms with E-state index in [2.05, 4.69) is 64.6 Å². The van der Waals surface area contributed by atoms with E-state index in [1.165, 1.54) is 5.56 Å². The first-order valence-electron chi connectivity index (χ1n) is 9.25. The number of amides is 2. The van der Waals surface area contributed by atoms with Crippen LogP contribution in [0.2, 0.25) is 5.28 Å². The molecule has 2 fully saturated rings. The molecule has 2 aliphatic rings. The van der Waals surface area contributed by atoms with Gasteiger partial charge in [0.25, 0.3) is 0 Å². The van der Waals surface area contributed by atoms with E-state index in [1.807, 2.05) is 0 Å². The number of nitrogens with zero attached hydrogens (tertiary/aromatic N) is 4. The Bertz CT molecular complexity index is 833. The maximum atomic E-state index is 12.6. The number of hydrogen-bond acceptors (Lipinski definition) is 4. The fraction of sp³-hybridized carbons (Fsp3) is 0.450. The van der Waals surface area contributed by atoms with Gasteiger partial charge < -0.3 is 5.32 Å². The van der Waals surface area contributed by atoms with E-state index >= 15 is 0 Å². The zero-order valence-corrected chi connectivity index (χ0v) is 16.4. The molecule has 4 rings (SSSR count). The summed E-state index contributed by atoms with van der Waals surface area (Å²) in [6, 6.07) is 12.3. The molecule has 1 saturated carbocycles. The summed E-state index contributed by atoms with van der Waals surface area (Å²) in [5.41, 5.74) is 1.12. The molecule has 0 atom stereocenters. The van der Waals surface area contributed by atoms with Gasteiger partial charge >= 0.3 is 6.03 Å². The number of anilines is 1. The molecule has 1 aliphatic carbocycles. The van der Waals surface area contributed by atoms with Crippen molar-refractivity contribution in [1.29, 1.82) is 0 Å². The van der Waals surface area contributed by atoms with Crippen LogP contribution in [0.15, 0.2) is 42.6 Å². The summed E-state index contributed by atoms with van der Waals surface area (Å²) >= 11 is 5.90. The van der Waals surface area contributed by atoms with Crippen LogP contribution < -0.4 is 10.2 Å². The summed E-state index contributed by atoms with van der Waals surface area (Å²) in [5.74, 6) is 0.553. The van der Waals surface area contributed by atoms with Gasteiger partial charge in [-0.3, -0.25) is 9.80 Å². The molecule has 1 spiro atoms. The summed E-state index contributed by atoms with van der Waals surface area (Å²) < 4.78 is 0. The second-order valence-electron chi connectivity index (χ2n) is 7.77. The van der Waals surface area contributed by atoms with Gasteiger partial charge in [0.2, 0.25) is 5.28 Å². The summed E-state index contributed by atoms with van der Waals surface area (Å²) in [4.78, 5) is 24.7. The van der Waals surface area contributed by atoms with Crippen molar-refractivity contribution in [3.63, 3.8) is 0 Å². The van der Waals surface area contributed by atoms with Crippen molar-refractivity contribution in [2.45, 2.75) is 36.8 Å². The van der Waals surface area contributed by atoms with E-state index in [9.17, 15) is 4.79 Å². The molecular formula is C20H24ClN5O. The number of hydrogen-bond donors (Lipinski definition) is 1. The predicted molar refractivity (Wildman–Crippen MR) is 106 cm³/mol. The molecule has 0 unspecified atom stereocenters. The Labute approximate surface area is 164 Å². The van der Waals surface area contributed by atoms with Gasteiger partial charge in [-0.25, -0.2) is 14.8 Å².